The number of methoxy groups -OCH3 is 1. The van der Waals surface area contributed by atoms with Crippen LogP contribution in [0.5, 0.6) is 5.75 Å². The van der Waals surface area contributed by atoms with E-state index in [1.807, 2.05) is 0 Å². The van der Waals surface area contributed by atoms with E-state index >= 15 is 0 Å². The second-order valence-corrected chi connectivity index (χ2v) is 3.27. The van der Waals surface area contributed by atoms with Gasteiger partial charge in [-0.2, -0.15) is 0 Å². The highest BCUT2D eigenvalue weighted by Crippen LogP contribution is 2.25. The molecular weight excluding hydrogens is 223 g/mol. The van der Waals surface area contributed by atoms with Gasteiger partial charge in [0.15, 0.2) is 6.10 Å². The van der Waals surface area contributed by atoms with Crippen LogP contribution in [0.1, 0.15) is 6.92 Å². The van der Waals surface area contributed by atoms with Crippen molar-refractivity contribution < 1.29 is 18.7 Å². The van der Waals surface area contributed by atoms with Crippen LogP contribution in [-0.2, 0) is 9.53 Å². The SMILES string of the molecule is COC(=O)C(C)Oc1ccc(F)cc1Cl. The Hall–Kier alpha value is -1.29. The van der Waals surface area contributed by atoms with Crippen LogP contribution < -0.4 is 4.74 Å². The van der Waals surface area contributed by atoms with Gasteiger partial charge in [0.25, 0.3) is 0 Å². The topological polar surface area (TPSA) is 35.5 Å². The Morgan fingerprint density at radius 1 is 1.53 bits per heavy atom. The molecule has 0 spiro atoms. The maximum atomic E-state index is 12.7. The molecule has 1 unspecified atom stereocenters. The second-order valence-electron chi connectivity index (χ2n) is 2.86. The number of hydrogen-bond donors (Lipinski definition) is 0. The third kappa shape index (κ3) is 3.09. The van der Waals surface area contributed by atoms with Crippen LogP contribution in [0.15, 0.2) is 18.2 Å². The summed E-state index contributed by atoms with van der Waals surface area (Å²) in [7, 11) is 1.26. The fourth-order valence-electron chi connectivity index (χ4n) is 0.975. The van der Waals surface area contributed by atoms with E-state index in [1.165, 1.54) is 26.2 Å². The van der Waals surface area contributed by atoms with Gasteiger partial charge in [-0.25, -0.2) is 9.18 Å². The van der Waals surface area contributed by atoms with Crippen LogP contribution in [0.4, 0.5) is 4.39 Å². The van der Waals surface area contributed by atoms with Crippen LogP contribution in [0.2, 0.25) is 5.02 Å². The molecule has 82 valence electrons. The van der Waals surface area contributed by atoms with Crippen molar-refractivity contribution in [1.82, 2.24) is 0 Å². The number of ether oxygens (including phenoxy) is 2. The summed E-state index contributed by atoms with van der Waals surface area (Å²) in [5, 5.41) is 0.116. The molecule has 15 heavy (non-hydrogen) atoms. The van der Waals surface area contributed by atoms with Crippen molar-refractivity contribution in [3.05, 3.63) is 29.0 Å². The molecule has 0 heterocycles. The molecule has 3 nitrogen and oxygen atoms in total. The summed E-state index contributed by atoms with van der Waals surface area (Å²) in [6.07, 6.45) is -0.780. The van der Waals surface area contributed by atoms with Crippen LogP contribution in [0.3, 0.4) is 0 Å². The summed E-state index contributed by atoms with van der Waals surface area (Å²) in [5.74, 6) is -0.732. The second kappa shape index (κ2) is 4.98. The van der Waals surface area contributed by atoms with Gasteiger partial charge in [0.1, 0.15) is 11.6 Å². The molecule has 0 amide bonds. The molecule has 1 atom stereocenters. The van der Waals surface area contributed by atoms with Crippen molar-refractivity contribution in [2.45, 2.75) is 13.0 Å². The number of halogens is 2. The van der Waals surface area contributed by atoms with Crippen LogP contribution in [0.25, 0.3) is 0 Å². The summed E-state index contributed by atoms with van der Waals surface area (Å²) in [4.78, 5) is 11.0. The normalized spacial score (nSPS) is 12.0. The van der Waals surface area contributed by atoms with Gasteiger partial charge in [-0.05, 0) is 25.1 Å². The standard InChI is InChI=1S/C10H10ClFO3/c1-6(10(13)14-2)15-9-4-3-7(12)5-8(9)11/h3-6H,1-2H3. The molecular formula is C10H10ClFO3. The zero-order chi connectivity index (χ0) is 11.4. The average Bonchev–Trinajstić information content (AvgIpc) is 2.20. The summed E-state index contributed by atoms with van der Waals surface area (Å²) in [6, 6.07) is 3.67. The molecule has 5 heteroatoms. The van der Waals surface area contributed by atoms with E-state index in [0.29, 0.717) is 0 Å². The molecule has 1 aromatic rings. The van der Waals surface area contributed by atoms with E-state index in [2.05, 4.69) is 4.74 Å². The number of benzene rings is 1. The highest BCUT2D eigenvalue weighted by Gasteiger charge is 2.16. The monoisotopic (exact) mass is 232 g/mol. The first-order valence-corrected chi connectivity index (χ1v) is 4.62. The maximum Gasteiger partial charge on any atom is 0.346 e. The summed E-state index contributed by atoms with van der Waals surface area (Å²) >= 11 is 5.70. The van der Waals surface area contributed by atoms with Gasteiger partial charge in [0.05, 0.1) is 12.1 Å². The lowest BCUT2D eigenvalue weighted by atomic mass is 10.3. The third-order valence-corrected chi connectivity index (χ3v) is 2.03. The molecule has 0 aromatic heterocycles. The quantitative estimate of drug-likeness (QED) is 0.751. The first-order valence-electron chi connectivity index (χ1n) is 4.24. The Balaban J connectivity index is 2.76. The van der Waals surface area contributed by atoms with Crippen molar-refractivity contribution in [2.75, 3.05) is 7.11 Å². The van der Waals surface area contributed by atoms with E-state index in [1.54, 1.807) is 0 Å². The lowest BCUT2D eigenvalue weighted by molar-refractivity contribution is -0.147. The minimum absolute atomic E-state index is 0.116. The highest BCUT2D eigenvalue weighted by atomic mass is 35.5. The van der Waals surface area contributed by atoms with E-state index in [9.17, 15) is 9.18 Å². The van der Waals surface area contributed by atoms with E-state index in [-0.39, 0.29) is 10.8 Å². The summed E-state index contributed by atoms with van der Waals surface area (Å²) in [5.41, 5.74) is 0. The number of carbonyl (C=O) groups is 1. The van der Waals surface area contributed by atoms with Gasteiger partial charge in [0, 0.05) is 0 Å². The minimum atomic E-state index is -0.780. The predicted octanol–water partition coefficient (Wildman–Crippen LogP) is 2.42. The zero-order valence-electron chi connectivity index (χ0n) is 8.29. The highest BCUT2D eigenvalue weighted by molar-refractivity contribution is 6.32. The van der Waals surface area contributed by atoms with Crippen molar-refractivity contribution >= 4 is 17.6 Å². The molecule has 0 saturated heterocycles. The summed E-state index contributed by atoms with van der Waals surface area (Å²) in [6.45, 7) is 1.52. The molecule has 0 aliphatic rings. The zero-order valence-corrected chi connectivity index (χ0v) is 9.05. The van der Waals surface area contributed by atoms with Crippen LogP contribution >= 0.6 is 11.6 Å². The van der Waals surface area contributed by atoms with E-state index < -0.39 is 17.9 Å². The van der Waals surface area contributed by atoms with Crippen molar-refractivity contribution in [2.24, 2.45) is 0 Å². The van der Waals surface area contributed by atoms with Gasteiger partial charge in [0.2, 0.25) is 0 Å². The van der Waals surface area contributed by atoms with E-state index in [0.717, 1.165) is 6.07 Å². The molecule has 0 bridgehead atoms. The molecule has 0 N–H and O–H groups in total. The summed E-state index contributed by atoms with van der Waals surface area (Å²) < 4.78 is 22.3. The largest absolute Gasteiger partial charge is 0.477 e. The number of hydrogen-bond acceptors (Lipinski definition) is 3. The fraction of sp³-hybridized carbons (Fsp3) is 0.300. The molecule has 1 rings (SSSR count). The first-order chi connectivity index (χ1) is 7.04. The van der Waals surface area contributed by atoms with E-state index in [4.69, 9.17) is 16.3 Å². The Bertz CT molecular complexity index is 368. The lowest BCUT2D eigenvalue weighted by Crippen LogP contribution is -2.25. The minimum Gasteiger partial charge on any atom is -0.477 e. The average molecular weight is 233 g/mol. The third-order valence-electron chi connectivity index (χ3n) is 1.73. The Labute approximate surface area is 91.7 Å². The number of esters is 1. The van der Waals surface area contributed by atoms with Gasteiger partial charge >= 0.3 is 5.97 Å². The smallest absolute Gasteiger partial charge is 0.346 e. The maximum absolute atomic E-state index is 12.7. The lowest BCUT2D eigenvalue weighted by Gasteiger charge is -2.13. The van der Waals surface area contributed by atoms with Crippen molar-refractivity contribution in [1.29, 1.82) is 0 Å². The Morgan fingerprint density at radius 3 is 2.73 bits per heavy atom. The van der Waals surface area contributed by atoms with Gasteiger partial charge in [-0.1, -0.05) is 11.6 Å². The molecule has 0 saturated carbocycles. The van der Waals surface area contributed by atoms with Gasteiger partial charge in [-0.15, -0.1) is 0 Å². The van der Waals surface area contributed by atoms with Crippen molar-refractivity contribution in [3.8, 4) is 5.75 Å². The van der Waals surface area contributed by atoms with Crippen LogP contribution in [0, 0.1) is 5.82 Å². The molecule has 1 aromatic carbocycles. The molecule has 0 aliphatic carbocycles. The molecule has 0 fully saturated rings. The Morgan fingerprint density at radius 2 is 2.20 bits per heavy atom. The van der Waals surface area contributed by atoms with Crippen LogP contribution in [-0.4, -0.2) is 19.2 Å². The molecule has 0 radical (unpaired) electrons. The first kappa shape index (κ1) is 11.8. The van der Waals surface area contributed by atoms with Gasteiger partial charge in [-0.3, -0.25) is 0 Å². The number of rotatable bonds is 3. The fourth-order valence-corrected chi connectivity index (χ4v) is 1.19. The van der Waals surface area contributed by atoms with Gasteiger partial charge < -0.3 is 9.47 Å². The predicted molar refractivity (Wildman–Crippen MR) is 53.5 cm³/mol. The molecule has 0 aliphatic heterocycles. The number of carbonyl (C=O) groups excluding carboxylic acids is 1. The van der Waals surface area contributed by atoms with Crippen molar-refractivity contribution in [3.63, 3.8) is 0 Å². The Kier molecular flexibility index (Phi) is 3.91.